The van der Waals surface area contributed by atoms with Crippen molar-refractivity contribution in [3.8, 4) is 0 Å². The number of carbonyl (C=O) groups is 1. The summed E-state index contributed by atoms with van der Waals surface area (Å²) < 4.78 is 27.6. The summed E-state index contributed by atoms with van der Waals surface area (Å²) in [5, 5.41) is 3.33. The quantitative estimate of drug-likeness (QED) is 0.532. The number of amides is 1. The molecule has 3 rings (SSSR count). The summed E-state index contributed by atoms with van der Waals surface area (Å²) in [5.41, 5.74) is 1.08. The molecular formula is C22H20Cl2N2O3S. The topological polar surface area (TPSA) is 66.5 Å². The van der Waals surface area contributed by atoms with Crippen molar-refractivity contribution in [1.29, 1.82) is 0 Å². The summed E-state index contributed by atoms with van der Waals surface area (Å²) in [6, 6.07) is 21.5. The predicted molar refractivity (Wildman–Crippen MR) is 120 cm³/mol. The van der Waals surface area contributed by atoms with Gasteiger partial charge in [0.25, 0.3) is 10.0 Å². The summed E-state index contributed by atoms with van der Waals surface area (Å²) in [4.78, 5) is 12.8. The number of sulfonamides is 1. The largest absolute Gasteiger partial charge is 0.348 e. The Balaban J connectivity index is 1.93. The van der Waals surface area contributed by atoms with E-state index in [-0.39, 0.29) is 21.6 Å². The molecule has 0 aliphatic carbocycles. The molecular weight excluding hydrogens is 443 g/mol. The fourth-order valence-corrected chi connectivity index (χ4v) is 4.97. The highest BCUT2D eigenvalue weighted by atomic mass is 35.5. The molecule has 8 heteroatoms. The van der Waals surface area contributed by atoms with Crippen molar-refractivity contribution in [2.75, 3.05) is 10.8 Å². The van der Waals surface area contributed by atoms with Gasteiger partial charge < -0.3 is 5.32 Å². The number of halogens is 2. The normalized spacial score (nSPS) is 12.2. The predicted octanol–water partition coefficient (Wildman–Crippen LogP) is 5.07. The maximum absolute atomic E-state index is 13.3. The highest BCUT2D eigenvalue weighted by Gasteiger charge is 2.29. The lowest BCUT2D eigenvalue weighted by Crippen LogP contribution is -2.41. The lowest BCUT2D eigenvalue weighted by atomic mass is 10.1. The fourth-order valence-electron chi connectivity index (χ4n) is 2.95. The Labute approximate surface area is 186 Å². The molecule has 0 aliphatic rings. The van der Waals surface area contributed by atoms with Crippen LogP contribution in [0.25, 0.3) is 0 Å². The summed E-state index contributed by atoms with van der Waals surface area (Å²) in [6.45, 7) is 1.40. The van der Waals surface area contributed by atoms with Crippen LogP contribution in [0.2, 0.25) is 10.0 Å². The third-order valence-electron chi connectivity index (χ3n) is 4.47. The van der Waals surface area contributed by atoms with Crippen molar-refractivity contribution in [2.45, 2.75) is 17.9 Å². The number of nitrogens with one attached hydrogen (secondary N) is 1. The van der Waals surface area contributed by atoms with Gasteiger partial charge in [-0.3, -0.25) is 9.10 Å². The van der Waals surface area contributed by atoms with Gasteiger partial charge in [-0.1, -0.05) is 71.7 Å². The maximum atomic E-state index is 13.3. The minimum absolute atomic E-state index is 0.0555. The number of hydrogen-bond acceptors (Lipinski definition) is 3. The number of rotatable bonds is 7. The molecule has 5 nitrogen and oxygen atoms in total. The summed E-state index contributed by atoms with van der Waals surface area (Å²) in [5.74, 6) is -0.461. The first-order valence-corrected chi connectivity index (χ1v) is 11.4. The molecule has 0 saturated carbocycles. The van der Waals surface area contributed by atoms with E-state index in [0.717, 1.165) is 9.87 Å². The van der Waals surface area contributed by atoms with Crippen LogP contribution in [-0.2, 0) is 14.8 Å². The van der Waals surface area contributed by atoms with Crippen LogP contribution in [0, 0.1) is 0 Å². The van der Waals surface area contributed by atoms with Gasteiger partial charge in [-0.25, -0.2) is 8.42 Å². The van der Waals surface area contributed by atoms with Crippen LogP contribution in [0.15, 0.2) is 83.8 Å². The standard InChI is InChI=1S/C22H20Cl2N2O3S/c1-16(17-8-4-2-5-9-17)25-22(27)15-26(21-13-12-18(23)14-20(21)24)30(28,29)19-10-6-3-7-11-19/h2-14,16H,15H2,1H3,(H,25,27)/t16-/m0/s1. The van der Waals surface area contributed by atoms with E-state index in [0.29, 0.717) is 5.02 Å². The van der Waals surface area contributed by atoms with Gasteiger partial charge in [-0.15, -0.1) is 0 Å². The fraction of sp³-hybridized carbons (Fsp3) is 0.136. The van der Waals surface area contributed by atoms with Gasteiger partial charge in [0.1, 0.15) is 6.54 Å². The van der Waals surface area contributed by atoms with Crippen molar-refractivity contribution in [3.05, 3.63) is 94.5 Å². The number of nitrogens with zero attached hydrogens (tertiary/aromatic N) is 1. The molecule has 30 heavy (non-hydrogen) atoms. The van der Waals surface area contributed by atoms with E-state index in [4.69, 9.17) is 23.2 Å². The van der Waals surface area contributed by atoms with Crippen LogP contribution in [0.5, 0.6) is 0 Å². The number of hydrogen-bond donors (Lipinski definition) is 1. The Hall–Kier alpha value is -2.54. The van der Waals surface area contributed by atoms with Crippen LogP contribution in [0.4, 0.5) is 5.69 Å². The van der Waals surface area contributed by atoms with E-state index in [1.54, 1.807) is 18.2 Å². The Morgan fingerprint density at radius 2 is 1.57 bits per heavy atom. The zero-order valence-corrected chi connectivity index (χ0v) is 18.5. The Morgan fingerprint density at radius 3 is 2.17 bits per heavy atom. The van der Waals surface area contributed by atoms with E-state index in [1.165, 1.54) is 30.3 Å². The Bertz CT molecular complexity index is 1120. The second kappa shape index (κ2) is 9.51. The number of carbonyl (C=O) groups excluding carboxylic acids is 1. The summed E-state index contributed by atoms with van der Waals surface area (Å²) >= 11 is 12.2. The molecule has 1 amide bonds. The third-order valence-corrected chi connectivity index (χ3v) is 6.79. The van der Waals surface area contributed by atoms with Crippen LogP contribution >= 0.6 is 23.2 Å². The molecule has 1 atom stereocenters. The van der Waals surface area contributed by atoms with Gasteiger partial charge in [-0.2, -0.15) is 0 Å². The number of anilines is 1. The van der Waals surface area contributed by atoms with Crippen LogP contribution in [-0.4, -0.2) is 20.9 Å². The van der Waals surface area contributed by atoms with Crippen molar-refractivity contribution in [3.63, 3.8) is 0 Å². The molecule has 0 heterocycles. The van der Waals surface area contributed by atoms with Crippen molar-refractivity contribution in [2.24, 2.45) is 0 Å². The SMILES string of the molecule is C[C@H](NC(=O)CN(c1ccc(Cl)cc1Cl)S(=O)(=O)c1ccccc1)c1ccccc1. The average Bonchev–Trinajstić information content (AvgIpc) is 2.73. The molecule has 0 aromatic heterocycles. The van der Waals surface area contributed by atoms with Gasteiger partial charge in [0.15, 0.2) is 0 Å². The molecule has 0 aliphatic heterocycles. The summed E-state index contributed by atoms with van der Waals surface area (Å²) in [7, 11) is -4.04. The molecule has 1 N–H and O–H groups in total. The Kier molecular flexibility index (Phi) is 7.02. The molecule has 3 aromatic carbocycles. The molecule has 0 fully saturated rings. The van der Waals surface area contributed by atoms with Gasteiger partial charge >= 0.3 is 0 Å². The maximum Gasteiger partial charge on any atom is 0.264 e. The van der Waals surface area contributed by atoms with Gasteiger partial charge in [0.2, 0.25) is 5.91 Å². The van der Waals surface area contributed by atoms with Gasteiger partial charge in [0.05, 0.1) is 21.6 Å². The van der Waals surface area contributed by atoms with Gasteiger partial charge in [0, 0.05) is 5.02 Å². The highest BCUT2D eigenvalue weighted by Crippen LogP contribution is 2.32. The second-order valence-corrected chi connectivity index (χ2v) is 9.33. The second-order valence-electron chi connectivity index (χ2n) is 6.62. The van der Waals surface area contributed by atoms with E-state index >= 15 is 0 Å². The average molecular weight is 463 g/mol. The molecule has 0 radical (unpaired) electrons. The third kappa shape index (κ3) is 5.14. The monoisotopic (exact) mass is 462 g/mol. The van der Waals surface area contributed by atoms with Crippen LogP contribution < -0.4 is 9.62 Å². The molecule has 0 saturated heterocycles. The summed E-state index contributed by atoms with van der Waals surface area (Å²) in [6.07, 6.45) is 0. The van der Waals surface area contributed by atoms with E-state index in [2.05, 4.69) is 5.32 Å². The van der Waals surface area contributed by atoms with E-state index in [1.807, 2.05) is 37.3 Å². The van der Waals surface area contributed by atoms with Crippen molar-refractivity contribution >= 4 is 44.8 Å². The van der Waals surface area contributed by atoms with Gasteiger partial charge in [-0.05, 0) is 42.8 Å². The first-order chi connectivity index (χ1) is 14.3. The van der Waals surface area contributed by atoms with E-state index in [9.17, 15) is 13.2 Å². The molecule has 3 aromatic rings. The Morgan fingerprint density at radius 1 is 0.967 bits per heavy atom. The number of benzene rings is 3. The first-order valence-electron chi connectivity index (χ1n) is 9.16. The lowest BCUT2D eigenvalue weighted by molar-refractivity contribution is -0.120. The zero-order chi connectivity index (χ0) is 21.7. The lowest BCUT2D eigenvalue weighted by Gasteiger charge is -2.26. The molecule has 0 unspecified atom stereocenters. The van der Waals surface area contributed by atoms with E-state index < -0.39 is 22.5 Å². The van der Waals surface area contributed by atoms with Crippen molar-refractivity contribution < 1.29 is 13.2 Å². The van der Waals surface area contributed by atoms with Crippen LogP contribution in [0.1, 0.15) is 18.5 Å². The highest BCUT2D eigenvalue weighted by molar-refractivity contribution is 7.92. The van der Waals surface area contributed by atoms with Crippen LogP contribution in [0.3, 0.4) is 0 Å². The minimum Gasteiger partial charge on any atom is -0.348 e. The molecule has 156 valence electrons. The smallest absolute Gasteiger partial charge is 0.264 e. The molecule has 0 spiro atoms. The zero-order valence-electron chi connectivity index (χ0n) is 16.1. The minimum atomic E-state index is -4.04. The molecule has 0 bridgehead atoms. The first kappa shape index (κ1) is 22.2. The van der Waals surface area contributed by atoms with Crippen molar-refractivity contribution in [1.82, 2.24) is 5.32 Å².